The summed E-state index contributed by atoms with van der Waals surface area (Å²) in [6.45, 7) is 1.71. The Kier molecular flexibility index (Phi) is 4.78. The van der Waals surface area contributed by atoms with Gasteiger partial charge in [0.2, 0.25) is 11.7 Å². The molecule has 1 atom stereocenters. The number of aryl methyl sites for hydroxylation is 2. The third-order valence-corrected chi connectivity index (χ3v) is 6.34. The van der Waals surface area contributed by atoms with E-state index in [1.165, 1.54) is 16.8 Å². The van der Waals surface area contributed by atoms with Gasteiger partial charge in [-0.15, -0.1) is 0 Å². The molecule has 0 bridgehead atoms. The third-order valence-electron chi connectivity index (χ3n) is 6.34. The van der Waals surface area contributed by atoms with Crippen LogP contribution < -0.4 is 10.4 Å². The van der Waals surface area contributed by atoms with E-state index in [-0.39, 0.29) is 17.8 Å². The maximum atomic E-state index is 13.7. The summed E-state index contributed by atoms with van der Waals surface area (Å²) >= 11 is 0. The number of halogens is 2. The Hall–Kier alpha value is -3.89. The molecule has 1 aliphatic heterocycles. The maximum absolute atomic E-state index is 13.7. The number of hydrogen-bond donors (Lipinski definition) is 0. The normalized spacial score (nSPS) is 21.3. The largest absolute Gasteiger partial charge is 0.489 e. The fourth-order valence-corrected chi connectivity index (χ4v) is 4.65. The van der Waals surface area contributed by atoms with Gasteiger partial charge in [0.25, 0.3) is 0 Å². The quantitative estimate of drug-likeness (QED) is 0.444. The molecule has 2 aliphatic rings. The van der Waals surface area contributed by atoms with Crippen molar-refractivity contribution in [3.05, 3.63) is 75.9 Å². The van der Waals surface area contributed by atoms with Gasteiger partial charge in [-0.05, 0) is 36.2 Å². The molecule has 11 heteroatoms. The highest BCUT2D eigenvalue weighted by atomic mass is 19.1. The molecule has 0 unspecified atom stereocenters. The molecular formula is C23H20F2N6O3. The average Bonchev–Trinajstić information content (AvgIpc) is 3.47. The minimum absolute atomic E-state index is 0.0679. The number of hydrogen-bond acceptors (Lipinski definition) is 7. The van der Waals surface area contributed by atoms with E-state index < -0.39 is 17.7 Å². The van der Waals surface area contributed by atoms with Gasteiger partial charge in [0.15, 0.2) is 0 Å². The van der Waals surface area contributed by atoms with Crippen LogP contribution in [-0.4, -0.2) is 35.6 Å². The average molecular weight is 466 g/mol. The van der Waals surface area contributed by atoms with Crippen LogP contribution in [-0.2, 0) is 6.42 Å². The smallest absolute Gasteiger partial charge is 0.346 e. The van der Waals surface area contributed by atoms with E-state index in [0.29, 0.717) is 60.2 Å². The molecule has 34 heavy (non-hydrogen) atoms. The Bertz CT molecular complexity index is 1400. The first kappa shape index (κ1) is 20.7. The van der Waals surface area contributed by atoms with Crippen molar-refractivity contribution >= 4 is 0 Å². The zero-order valence-electron chi connectivity index (χ0n) is 18.2. The van der Waals surface area contributed by atoms with Crippen molar-refractivity contribution in [2.75, 3.05) is 0 Å². The van der Waals surface area contributed by atoms with Gasteiger partial charge in [-0.1, -0.05) is 5.16 Å². The van der Waals surface area contributed by atoms with E-state index >= 15 is 0 Å². The molecule has 1 fully saturated rings. The molecule has 1 saturated carbocycles. The van der Waals surface area contributed by atoms with Gasteiger partial charge in [-0.25, -0.2) is 23.2 Å². The van der Waals surface area contributed by atoms with E-state index in [2.05, 4.69) is 20.2 Å². The maximum Gasteiger partial charge on any atom is 0.346 e. The first-order chi connectivity index (χ1) is 16.4. The lowest BCUT2D eigenvalue weighted by Gasteiger charge is -2.34. The second-order valence-corrected chi connectivity index (χ2v) is 8.65. The zero-order valence-corrected chi connectivity index (χ0v) is 18.2. The van der Waals surface area contributed by atoms with Gasteiger partial charge in [0, 0.05) is 32.3 Å². The third kappa shape index (κ3) is 3.57. The van der Waals surface area contributed by atoms with Crippen molar-refractivity contribution in [3.63, 3.8) is 0 Å². The fourth-order valence-electron chi connectivity index (χ4n) is 4.65. The summed E-state index contributed by atoms with van der Waals surface area (Å²) in [5.74, 6) is 0.822. The molecule has 0 radical (unpaired) electrons. The van der Waals surface area contributed by atoms with Gasteiger partial charge in [-0.3, -0.25) is 4.57 Å². The SMILES string of the molecule is Cc1nc(-c2ccc(OC3CC(n4nc5n(c4=O)[C@H](c4cc(F)cc(F)c4)CC5)C3)cn2)no1. The number of pyridine rings is 1. The highest BCUT2D eigenvalue weighted by molar-refractivity contribution is 5.48. The Morgan fingerprint density at radius 3 is 2.62 bits per heavy atom. The second-order valence-electron chi connectivity index (χ2n) is 8.65. The summed E-state index contributed by atoms with van der Waals surface area (Å²) in [6, 6.07) is 6.43. The van der Waals surface area contributed by atoms with E-state index in [0.717, 1.165) is 6.07 Å². The van der Waals surface area contributed by atoms with Gasteiger partial charge >= 0.3 is 5.69 Å². The van der Waals surface area contributed by atoms with Crippen molar-refractivity contribution in [1.29, 1.82) is 0 Å². The van der Waals surface area contributed by atoms with Crippen LogP contribution >= 0.6 is 0 Å². The Morgan fingerprint density at radius 1 is 1.15 bits per heavy atom. The van der Waals surface area contributed by atoms with Crippen LogP contribution in [0.5, 0.6) is 5.75 Å². The predicted octanol–water partition coefficient (Wildman–Crippen LogP) is 3.39. The van der Waals surface area contributed by atoms with Crippen LogP contribution in [0, 0.1) is 18.6 Å². The standard InChI is InChI=1S/C23H20F2N6O3/c1-12-27-22(29-34-12)19-3-2-17(11-26-19)33-18-9-16(10-18)31-23(32)30-20(4-5-21(30)28-31)13-6-14(24)8-15(25)7-13/h2-3,6-8,11,16,18,20H,4-5,9-10H2,1H3/t16?,18?,20-/m0/s1. The summed E-state index contributed by atoms with van der Waals surface area (Å²) in [4.78, 5) is 21.6. The molecule has 174 valence electrons. The topological polar surface area (TPSA) is 101 Å². The summed E-state index contributed by atoms with van der Waals surface area (Å²) in [6.07, 6.45) is 3.96. The van der Waals surface area contributed by atoms with E-state index in [4.69, 9.17) is 9.26 Å². The molecule has 0 amide bonds. The number of aromatic nitrogens is 6. The van der Waals surface area contributed by atoms with E-state index in [1.54, 1.807) is 29.8 Å². The highest BCUT2D eigenvalue weighted by Crippen LogP contribution is 2.36. The molecule has 4 heterocycles. The number of benzene rings is 1. The lowest BCUT2D eigenvalue weighted by molar-refractivity contribution is 0.0620. The first-order valence-corrected chi connectivity index (χ1v) is 11.0. The van der Waals surface area contributed by atoms with Crippen molar-refractivity contribution in [2.24, 2.45) is 0 Å². The minimum Gasteiger partial charge on any atom is -0.489 e. The van der Waals surface area contributed by atoms with Gasteiger partial charge in [0.1, 0.15) is 35.0 Å². The zero-order chi connectivity index (χ0) is 23.4. The van der Waals surface area contributed by atoms with Crippen LogP contribution in [0.2, 0.25) is 0 Å². The summed E-state index contributed by atoms with van der Waals surface area (Å²) in [5.41, 5.74) is 0.772. The lowest BCUT2D eigenvalue weighted by atomic mass is 9.89. The lowest BCUT2D eigenvalue weighted by Crippen LogP contribution is -2.41. The van der Waals surface area contributed by atoms with Crippen LogP contribution in [0.1, 0.15) is 48.6 Å². The van der Waals surface area contributed by atoms with Crippen LogP contribution in [0.25, 0.3) is 11.5 Å². The van der Waals surface area contributed by atoms with Crippen LogP contribution in [0.4, 0.5) is 8.78 Å². The molecule has 0 spiro atoms. The fraction of sp³-hybridized carbons (Fsp3) is 0.348. The molecule has 0 N–H and O–H groups in total. The van der Waals surface area contributed by atoms with Crippen LogP contribution in [0.3, 0.4) is 0 Å². The summed E-state index contributed by atoms with van der Waals surface area (Å²) in [5, 5.41) is 8.35. The first-order valence-electron chi connectivity index (χ1n) is 11.0. The van der Waals surface area contributed by atoms with Crippen molar-refractivity contribution < 1.29 is 18.0 Å². The molecule has 1 aliphatic carbocycles. The molecule has 9 nitrogen and oxygen atoms in total. The molecule has 1 aromatic carbocycles. The monoisotopic (exact) mass is 466 g/mol. The van der Waals surface area contributed by atoms with Gasteiger partial charge < -0.3 is 9.26 Å². The number of rotatable bonds is 5. The molecule has 0 saturated heterocycles. The molecule has 3 aromatic heterocycles. The van der Waals surface area contributed by atoms with E-state index in [9.17, 15) is 13.6 Å². The molecule has 4 aromatic rings. The molecule has 6 rings (SSSR count). The van der Waals surface area contributed by atoms with Crippen molar-refractivity contribution in [2.45, 2.75) is 50.8 Å². The van der Waals surface area contributed by atoms with Gasteiger partial charge in [0.05, 0.1) is 18.3 Å². The van der Waals surface area contributed by atoms with E-state index in [1.807, 2.05) is 0 Å². The Balaban J connectivity index is 1.13. The predicted molar refractivity (Wildman–Crippen MR) is 114 cm³/mol. The number of nitrogens with zero attached hydrogens (tertiary/aromatic N) is 6. The summed E-state index contributed by atoms with van der Waals surface area (Å²) < 4.78 is 41.4. The van der Waals surface area contributed by atoms with Crippen molar-refractivity contribution in [1.82, 2.24) is 29.5 Å². The van der Waals surface area contributed by atoms with Crippen molar-refractivity contribution in [3.8, 4) is 17.3 Å². The second kappa shape index (κ2) is 7.86. The highest BCUT2D eigenvalue weighted by Gasteiger charge is 2.37. The van der Waals surface area contributed by atoms with Gasteiger partial charge in [-0.2, -0.15) is 10.1 Å². The van der Waals surface area contributed by atoms with Crippen LogP contribution in [0.15, 0.2) is 45.8 Å². The number of fused-ring (bicyclic) bond motifs is 1. The Morgan fingerprint density at radius 2 is 1.94 bits per heavy atom. The minimum atomic E-state index is -0.655. The summed E-state index contributed by atoms with van der Waals surface area (Å²) in [7, 11) is 0. The number of ether oxygens (including phenoxy) is 1. The molecular weight excluding hydrogens is 446 g/mol. The Labute approximate surface area is 192 Å².